The van der Waals surface area contributed by atoms with Crippen LogP contribution in [0.1, 0.15) is 37.6 Å². The average molecular weight is 377 g/mol. The Morgan fingerprint density at radius 3 is 2.43 bits per heavy atom. The number of nitrogens with one attached hydrogen (secondary N) is 1. The maximum absolute atomic E-state index is 12.7. The van der Waals surface area contributed by atoms with Gasteiger partial charge in [-0.1, -0.05) is 56.7 Å². The van der Waals surface area contributed by atoms with Crippen LogP contribution < -0.4 is 10.1 Å². The van der Waals surface area contributed by atoms with Gasteiger partial charge in [-0.05, 0) is 25.1 Å². The lowest BCUT2D eigenvalue weighted by Crippen LogP contribution is -2.17. The molecule has 2 aromatic carbocycles. The quantitative estimate of drug-likeness (QED) is 0.703. The van der Waals surface area contributed by atoms with E-state index in [2.05, 4.69) is 26.1 Å². The maximum Gasteiger partial charge on any atom is 0.230 e. The Bertz CT molecular complexity index is 966. The summed E-state index contributed by atoms with van der Waals surface area (Å²) in [6.45, 7) is 8.36. The molecule has 0 radical (unpaired) electrons. The summed E-state index contributed by atoms with van der Waals surface area (Å²) in [5.41, 5.74) is 3.72. The number of anilines is 1. The number of carbonyl (C=O) groups is 1. The third-order valence-corrected chi connectivity index (χ3v) is 4.57. The van der Waals surface area contributed by atoms with Gasteiger partial charge < -0.3 is 10.1 Å². The molecule has 0 spiro atoms. The van der Waals surface area contributed by atoms with Crippen molar-refractivity contribution in [3.05, 3.63) is 71.4 Å². The molecule has 3 aromatic rings. The van der Waals surface area contributed by atoms with E-state index in [4.69, 9.17) is 9.84 Å². The molecule has 0 aliphatic rings. The second kappa shape index (κ2) is 7.89. The minimum absolute atomic E-state index is 0.113. The highest BCUT2D eigenvalue weighted by Gasteiger charge is 2.21. The van der Waals surface area contributed by atoms with Crippen LogP contribution in [0.5, 0.6) is 5.75 Å². The maximum atomic E-state index is 12.7. The second-order valence-electron chi connectivity index (χ2n) is 7.95. The number of amides is 1. The summed E-state index contributed by atoms with van der Waals surface area (Å²) in [6, 6.07) is 17.6. The van der Waals surface area contributed by atoms with Gasteiger partial charge in [0.05, 0.1) is 24.9 Å². The largest absolute Gasteiger partial charge is 0.496 e. The van der Waals surface area contributed by atoms with Crippen molar-refractivity contribution in [1.82, 2.24) is 9.78 Å². The SMILES string of the molecule is COc1ccccc1CC(=O)Nc1cc(C(C)(C)C)nn1-c1ccc(C)cc1. The Balaban J connectivity index is 1.90. The zero-order chi connectivity index (χ0) is 20.3. The predicted octanol–water partition coefficient (Wildman–Crippen LogP) is 4.67. The predicted molar refractivity (Wildman–Crippen MR) is 112 cm³/mol. The van der Waals surface area contributed by atoms with Crippen molar-refractivity contribution in [1.29, 1.82) is 0 Å². The first-order chi connectivity index (χ1) is 13.3. The molecule has 3 rings (SSSR count). The van der Waals surface area contributed by atoms with Crippen LogP contribution in [-0.4, -0.2) is 22.8 Å². The Morgan fingerprint density at radius 2 is 1.79 bits per heavy atom. The molecule has 0 fully saturated rings. The third kappa shape index (κ3) is 4.42. The average Bonchev–Trinajstić information content (AvgIpc) is 3.07. The summed E-state index contributed by atoms with van der Waals surface area (Å²) >= 11 is 0. The fourth-order valence-corrected chi connectivity index (χ4v) is 2.93. The van der Waals surface area contributed by atoms with Gasteiger partial charge in [-0.2, -0.15) is 5.10 Å². The van der Waals surface area contributed by atoms with E-state index in [1.807, 2.05) is 61.5 Å². The van der Waals surface area contributed by atoms with Crippen molar-refractivity contribution < 1.29 is 9.53 Å². The lowest BCUT2D eigenvalue weighted by atomic mass is 9.92. The van der Waals surface area contributed by atoms with E-state index < -0.39 is 0 Å². The van der Waals surface area contributed by atoms with Gasteiger partial charge >= 0.3 is 0 Å². The molecule has 28 heavy (non-hydrogen) atoms. The van der Waals surface area contributed by atoms with Crippen molar-refractivity contribution in [3.8, 4) is 11.4 Å². The number of carbonyl (C=O) groups excluding carboxylic acids is 1. The van der Waals surface area contributed by atoms with Crippen LogP contribution in [0.3, 0.4) is 0 Å². The van der Waals surface area contributed by atoms with Gasteiger partial charge in [0.2, 0.25) is 5.91 Å². The van der Waals surface area contributed by atoms with Crippen LogP contribution in [0.2, 0.25) is 0 Å². The van der Waals surface area contributed by atoms with Crippen LogP contribution >= 0.6 is 0 Å². The van der Waals surface area contributed by atoms with Gasteiger partial charge in [0.1, 0.15) is 11.6 Å². The molecule has 1 amide bonds. The summed E-state index contributed by atoms with van der Waals surface area (Å²) in [4.78, 5) is 12.7. The number of nitrogens with zero attached hydrogens (tertiary/aromatic N) is 2. The number of benzene rings is 2. The van der Waals surface area contributed by atoms with Gasteiger partial charge in [-0.15, -0.1) is 0 Å². The van der Waals surface area contributed by atoms with E-state index in [1.54, 1.807) is 11.8 Å². The fraction of sp³-hybridized carbons (Fsp3) is 0.304. The Kier molecular flexibility index (Phi) is 5.54. The molecule has 0 saturated heterocycles. The van der Waals surface area contributed by atoms with Gasteiger partial charge in [-0.3, -0.25) is 4.79 Å². The van der Waals surface area contributed by atoms with E-state index in [1.165, 1.54) is 5.56 Å². The number of hydrogen-bond acceptors (Lipinski definition) is 3. The smallest absolute Gasteiger partial charge is 0.230 e. The Morgan fingerprint density at radius 1 is 1.11 bits per heavy atom. The first kappa shape index (κ1) is 19.7. The lowest BCUT2D eigenvalue weighted by Gasteiger charge is -2.14. The van der Waals surface area contributed by atoms with Crippen LogP contribution in [0.15, 0.2) is 54.6 Å². The Labute approximate surface area is 166 Å². The zero-order valence-electron chi connectivity index (χ0n) is 17.1. The number of para-hydroxylation sites is 1. The molecule has 1 heterocycles. The number of hydrogen-bond donors (Lipinski definition) is 1. The highest BCUT2D eigenvalue weighted by atomic mass is 16.5. The summed E-state index contributed by atoms with van der Waals surface area (Å²) in [5.74, 6) is 1.26. The number of aromatic nitrogens is 2. The van der Waals surface area contributed by atoms with Gasteiger partial charge in [0, 0.05) is 17.0 Å². The van der Waals surface area contributed by atoms with Gasteiger partial charge in [0.25, 0.3) is 0 Å². The molecule has 1 N–H and O–H groups in total. The second-order valence-corrected chi connectivity index (χ2v) is 7.95. The van der Waals surface area contributed by atoms with Crippen molar-refractivity contribution in [2.45, 2.75) is 39.5 Å². The van der Waals surface area contributed by atoms with E-state index in [0.717, 1.165) is 16.9 Å². The highest BCUT2D eigenvalue weighted by Crippen LogP contribution is 2.27. The molecule has 0 bridgehead atoms. The molecule has 146 valence electrons. The molecule has 1 aromatic heterocycles. The molecule has 0 aliphatic heterocycles. The first-order valence-corrected chi connectivity index (χ1v) is 9.37. The highest BCUT2D eigenvalue weighted by molar-refractivity contribution is 5.92. The van der Waals surface area contributed by atoms with Crippen molar-refractivity contribution in [3.63, 3.8) is 0 Å². The summed E-state index contributed by atoms with van der Waals surface area (Å²) in [5, 5.41) is 7.77. The summed E-state index contributed by atoms with van der Waals surface area (Å²) in [7, 11) is 1.61. The van der Waals surface area contributed by atoms with E-state index in [-0.39, 0.29) is 17.7 Å². The molecular weight excluding hydrogens is 350 g/mol. The lowest BCUT2D eigenvalue weighted by molar-refractivity contribution is -0.115. The van der Waals surface area contributed by atoms with Gasteiger partial charge in [0.15, 0.2) is 0 Å². The molecule has 5 nitrogen and oxygen atoms in total. The zero-order valence-corrected chi connectivity index (χ0v) is 17.1. The van der Waals surface area contributed by atoms with Crippen molar-refractivity contribution >= 4 is 11.7 Å². The molecule has 0 aliphatic carbocycles. The minimum atomic E-state index is -0.127. The summed E-state index contributed by atoms with van der Waals surface area (Å²) < 4.78 is 7.14. The Hall–Kier alpha value is -3.08. The monoisotopic (exact) mass is 377 g/mol. The van der Waals surface area contributed by atoms with Crippen molar-refractivity contribution in [2.75, 3.05) is 12.4 Å². The topological polar surface area (TPSA) is 56.1 Å². The third-order valence-electron chi connectivity index (χ3n) is 4.57. The van der Waals surface area contributed by atoms with Crippen molar-refractivity contribution in [2.24, 2.45) is 0 Å². The first-order valence-electron chi connectivity index (χ1n) is 9.37. The standard InChI is InChI=1S/C23H27N3O2/c1-16-10-12-18(13-11-16)26-21(15-20(25-26)23(2,3)4)24-22(27)14-17-8-6-7-9-19(17)28-5/h6-13,15H,14H2,1-5H3,(H,24,27). The number of aryl methyl sites for hydroxylation is 1. The van der Waals surface area contributed by atoms with Gasteiger partial charge in [-0.25, -0.2) is 4.68 Å². The van der Waals surface area contributed by atoms with E-state index >= 15 is 0 Å². The number of methoxy groups -OCH3 is 1. The summed E-state index contributed by atoms with van der Waals surface area (Å²) in [6.07, 6.45) is 0.230. The van der Waals surface area contributed by atoms with Crippen LogP contribution in [0.4, 0.5) is 5.82 Å². The van der Waals surface area contributed by atoms with E-state index in [9.17, 15) is 4.79 Å². The van der Waals surface area contributed by atoms with E-state index in [0.29, 0.717) is 11.6 Å². The molecule has 5 heteroatoms. The molecule has 0 unspecified atom stereocenters. The normalized spacial score (nSPS) is 11.3. The van der Waals surface area contributed by atoms with Crippen LogP contribution in [0, 0.1) is 6.92 Å². The molecule has 0 saturated carbocycles. The molecular formula is C23H27N3O2. The minimum Gasteiger partial charge on any atom is -0.496 e. The fourth-order valence-electron chi connectivity index (χ4n) is 2.93. The number of rotatable bonds is 5. The van der Waals surface area contributed by atoms with Crippen LogP contribution in [0.25, 0.3) is 5.69 Å². The number of ether oxygens (including phenoxy) is 1. The van der Waals surface area contributed by atoms with Crippen LogP contribution in [-0.2, 0) is 16.6 Å². The molecule has 0 atom stereocenters.